The standard InChI is InChI=1S/C19H24N2O2/c1-6-23-18(22)10-8-15-13-16(9-7-14(15)2)21-12-11-17(20-21)19(3,4)5/h7-13H,6H2,1-5H3. The molecule has 4 heteroatoms. The van der Waals surface area contributed by atoms with Gasteiger partial charge in [-0.05, 0) is 49.2 Å². The van der Waals surface area contributed by atoms with E-state index >= 15 is 0 Å². The van der Waals surface area contributed by atoms with Crippen LogP contribution in [-0.2, 0) is 14.9 Å². The lowest BCUT2D eigenvalue weighted by Gasteiger charge is -2.14. The van der Waals surface area contributed by atoms with Crippen molar-refractivity contribution < 1.29 is 9.53 Å². The minimum absolute atomic E-state index is 0.0165. The molecule has 0 amide bonds. The van der Waals surface area contributed by atoms with E-state index in [1.807, 2.05) is 42.1 Å². The zero-order valence-electron chi connectivity index (χ0n) is 14.5. The second-order valence-corrected chi connectivity index (χ2v) is 6.52. The van der Waals surface area contributed by atoms with Crippen LogP contribution in [0.3, 0.4) is 0 Å². The Morgan fingerprint density at radius 2 is 2.04 bits per heavy atom. The Bertz CT molecular complexity index is 721. The van der Waals surface area contributed by atoms with E-state index in [1.54, 1.807) is 13.0 Å². The maximum atomic E-state index is 11.5. The third-order valence-corrected chi connectivity index (χ3v) is 3.57. The van der Waals surface area contributed by atoms with E-state index in [1.165, 1.54) is 6.08 Å². The fraction of sp³-hybridized carbons (Fsp3) is 0.368. The van der Waals surface area contributed by atoms with Gasteiger partial charge in [0.1, 0.15) is 0 Å². The van der Waals surface area contributed by atoms with E-state index in [0.29, 0.717) is 6.61 Å². The van der Waals surface area contributed by atoms with Gasteiger partial charge >= 0.3 is 5.97 Å². The molecule has 0 radical (unpaired) electrons. The Morgan fingerprint density at radius 1 is 1.30 bits per heavy atom. The van der Waals surface area contributed by atoms with Crippen molar-refractivity contribution in [2.45, 2.75) is 40.0 Å². The first-order valence-electron chi connectivity index (χ1n) is 7.83. The van der Waals surface area contributed by atoms with Gasteiger partial charge in [-0.3, -0.25) is 0 Å². The first-order valence-corrected chi connectivity index (χ1v) is 7.83. The molecule has 0 aliphatic carbocycles. The number of carbonyl (C=O) groups is 1. The fourth-order valence-corrected chi connectivity index (χ4v) is 2.17. The van der Waals surface area contributed by atoms with Crippen molar-refractivity contribution in [3.05, 3.63) is 53.4 Å². The molecule has 0 N–H and O–H groups in total. The number of nitrogens with zero attached hydrogens (tertiary/aromatic N) is 2. The third-order valence-electron chi connectivity index (χ3n) is 3.57. The Hall–Kier alpha value is -2.36. The third kappa shape index (κ3) is 4.31. The van der Waals surface area contributed by atoms with Crippen LogP contribution >= 0.6 is 0 Å². The van der Waals surface area contributed by atoms with E-state index in [2.05, 4.69) is 25.9 Å². The molecule has 4 nitrogen and oxygen atoms in total. The summed E-state index contributed by atoms with van der Waals surface area (Å²) in [5.74, 6) is -0.327. The van der Waals surface area contributed by atoms with Gasteiger partial charge in [0.25, 0.3) is 0 Å². The van der Waals surface area contributed by atoms with Crippen molar-refractivity contribution in [2.75, 3.05) is 6.61 Å². The maximum Gasteiger partial charge on any atom is 0.330 e. The van der Waals surface area contributed by atoms with E-state index in [9.17, 15) is 4.79 Å². The molecule has 0 unspecified atom stereocenters. The highest BCUT2D eigenvalue weighted by atomic mass is 16.5. The lowest BCUT2D eigenvalue weighted by atomic mass is 9.93. The second kappa shape index (κ2) is 6.82. The van der Waals surface area contributed by atoms with Crippen LogP contribution in [0.2, 0.25) is 0 Å². The molecule has 1 aromatic heterocycles. The molecule has 0 saturated heterocycles. The van der Waals surface area contributed by atoms with E-state index in [4.69, 9.17) is 4.74 Å². The minimum Gasteiger partial charge on any atom is -0.463 e. The molecule has 0 aliphatic heterocycles. The van der Waals surface area contributed by atoms with Crippen LogP contribution in [-0.4, -0.2) is 22.4 Å². The summed E-state index contributed by atoms with van der Waals surface area (Å²) in [6.45, 7) is 10.6. The van der Waals surface area contributed by atoms with Gasteiger partial charge in [0.15, 0.2) is 0 Å². The number of esters is 1. The summed E-state index contributed by atoms with van der Waals surface area (Å²) < 4.78 is 6.78. The summed E-state index contributed by atoms with van der Waals surface area (Å²) in [5, 5.41) is 4.65. The number of hydrogen-bond acceptors (Lipinski definition) is 3. The first kappa shape index (κ1) is 17.0. The Morgan fingerprint density at radius 3 is 2.65 bits per heavy atom. The number of aromatic nitrogens is 2. The number of rotatable bonds is 4. The van der Waals surface area contributed by atoms with Gasteiger partial charge in [-0.15, -0.1) is 0 Å². The van der Waals surface area contributed by atoms with Gasteiger partial charge in [-0.25, -0.2) is 9.48 Å². The van der Waals surface area contributed by atoms with Gasteiger partial charge in [-0.1, -0.05) is 26.8 Å². The average Bonchev–Trinajstić information content (AvgIpc) is 2.96. The molecule has 0 fully saturated rings. The smallest absolute Gasteiger partial charge is 0.330 e. The molecular weight excluding hydrogens is 288 g/mol. The van der Waals surface area contributed by atoms with Crippen LogP contribution in [0, 0.1) is 6.92 Å². The van der Waals surface area contributed by atoms with Crippen molar-refractivity contribution in [3.8, 4) is 5.69 Å². The number of hydrogen-bond donors (Lipinski definition) is 0. The van der Waals surface area contributed by atoms with E-state index < -0.39 is 0 Å². The maximum absolute atomic E-state index is 11.5. The van der Waals surface area contributed by atoms with E-state index in [0.717, 1.165) is 22.5 Å². The van der Waals surface area contributed by atoms with Crippen molar-refractivity contribution in [1.82, 2.24) is 9.78 Å². The fourth-order valence-electron chi connectivity index (χ4n) is 2.17. The molecule has 122 valence electrons. The van der Waals surface area contributed by atoms with Crippen LogP contribution in [0.5, 0.6) is 0 Å². The molecule has 0 aliphatic rings. The Balaban J connectivity index is 2.30. The van der Waals surface area contributed by atoms with Gasteiger partial charge in [0.2, 0.25) is 0 Å². The number of ether oxygens (including phenoxy) is 1. The highest BCUT2D eigenvalue weighted by Crippen LogP contribution is 2.22. The summed E-state index contributed by atoms with van der Waals surface area (Å²) in [6.07, 6.45) is 5.20. The molecule has 23 heavy (non-hydrogen) atoms. The van der Waals surface area contributed by atoms with Crippen molar-refractivity contribution >= 4 is 12.0 Å². The normalized spacial score (nSPS) is 11.9. The molecule has 0 saturated carbocycles. The molecule has 0 spiro atoms. The molecule has 0 bridgehead atoms. The van der Waals surface area contributed by atoms with Crippen molar-refractivity contribution in [1.29, 1.82) is 0 Å². The molecule has 1 heterocycles. The lowest BCUT2D eigenvalue weighted by molar-refractivity contribution is -0.137. The number of benzene rings is 1. The molecular formula is C19H24N2O2. The number of aryl methyl sites for hydroxylation is 1. The lowest BCUT2D eigenvalue weighted by Crippen LogP contribution is -2.12. The molecule has 2 rings (SSSR count). The topological polar surface area (TPSA) is 44.1 Å². The SMILES string of the molecule is CCOC(=O)C=Cc1cc(-n2ccc(C(C)(C)C)n2)ccc1C. The second-order valence-electron chi connectivity index (χ2n) is 6.52. The van der Waals surface area contributed by atoms with Crippen LogP contribution in [0.1, 0.15) is 44.5 Å². The largest absolute Gasteiger partial charge is 0.463 e. The highest BCUT2D eigenvalue weighted by molar-refractivity contribution is 5.87. The monoisotopic (exact) mass is 312 g/mol. The minimum atomic E-state index is -0.327. The van der Waals surface area contributed by atoms with Crippen LogP contribution < -0.4 is 0 Å². The zero-order chi connectivity index (χ0) is 17.0. The van der Waals surface area contributed by atoms with Crippen LogP contribution in [0.15, 0.2) is 36.5 Å². The highest BCUT2D eigenvalue weighted by Gasteiger charge is 2.17. The molecule has 2 aromatic rings. The average molecular weight is 312 g/mol. The number of carbonyl (C=O) groups excluding carboxylic acids is 1. The van der Waals surface area contributed by atoms with Gasteiger partial charge in [0.05, 0.1) is 18.0 Å². The predicted molar refractivity (Wildman–Crippen MR) is 92.7 cm³/mol. The molecule has 1 aromatic carbocycles. The van der Waals surface area contributed by atoms with Gasteiger partial charge < -0.3 is 4.74 Å². The molecule has 0 atom stereocenters. The summed E-state index contributed by atoms with van der Waals surface area (Å²) in [5.41, 5.74) is 4.10. The van der Waals surface area contributed by atoms with E-state index in [-0.39, 0.29) is 11.4 Å². The predicted octanol–water partition coefficient (Wildman–Crippen LogP) is 4.05. The first-order chi connectivity index (χ1) is 10.8. The Kier molecular flexibility index (Phi) is 5.04. The zero-order valence-corrected chi connectivity index (χ0v) is 14.5. The summed E-state index contributed by atoms with van der Waals surface area (Å²) in [7, 11) is 0. The van der Waals surface area contributed by atoms with Gasteiger partial charge in [-0.2, -0.15) is 5.10 Å². The van der Waals surface area contributed by atoms with Crippen molar-refractivity contribution in [2.24, 2.45) is 0 Å². The Labute approximate surface area is 137 Å². The van der Waals surface area contributed by atoms with Crippen molar-refractivity contribution in [3.63, 3.8) is 0 Å². The summed E-state index contributed by atoms with van der Waals surface area (Å²) in [4.78, 5) is 11.5. The quantitative estimate of drug-likeness (QED) is 0.632. The summed E-state index contributed by atoms with van der Waals surface area (Å²) >= 11 is 0. The summed E-state index contributed by atoms with van der Waals surface area (Å²) in [6, 6.07) is 8.10. The van der Waals surface area contributed by atoms with Crippen LogP contribution in [0.4, 0.5) is 0 Å². The van der Waals surface area contributed by atoms with Crippen LogP contribution in [0.25, 0.3) is 11.8 Å². The van der Waals surface area contributed by atoms with Gasteiger partial charge in [0, 0.05) is 17.7 Å².